The fourth-order valence-corrected chi connectivity index (χ4v) is 0.974. The Labute approximate surface area is 89.4 Å². The maximum absolute atomic E-state index is 7.55. The van der Waals surface area contributed by atoms with Crippen molar-refractivity contribution in [1.82, 2.24) is 4.98 Å². The Bertz CT molecular complexity index is 391. The van der Waals surface area contributed by atoms with Crippen molar-refractivity contribution in [3.63, 3.8) is 0 Å². The molecule has 0 radical (unpaired) electrons. The van der Waals surface area contributed by atoms with Gasteiger partial charge < -0.3 is 10.7 Å². The molecule has 0 saturated carbocycles. The quantitative estimate of drug-likeness (QED) is 0.566. The van der Waals surface area contributed by atoms with Gasteiger partial charge in [0.1, 0.15) is 0 Å². The van der Waals surface area contributed by atoms with Gasteiger partial charge in [-0.25, -0.2) is 0 Å². The highest BCUT2D eigenvalue weighted by atomic mass is 14.9. The highest BCUT2D eigenvalue weighted by molar-refractivity contribution is 6.07. The molecule has 0 atom stereocenters. The van der Waals surface area contributed by atoms with Crippen molar-refractivity contribution in [2.45, 2.75) is 0 Å². The van der Waals surface area contributed by atoms with Crippen LogP contribution in [0.2, 0.25) is 0 Å². The van der Waals surface area contributed by atoms with Crippen LogP contribution in [0.25, 0.3) is 0 Å². The Balaban J connectivity index is 2.75. The summed E-state index contributed by atoms with van der Waals surface area (Å²) in [6.45, 7) is 7.16. The van der Waals surface area contributed by atoms with Gasteiger partial charge in [-0.15, -0.1) is 0 Å². The maximum atomic E-state index is 7.55. The lowest BCUT2D eigenvalue weighted by Crippen LogP contribution is -1.98. The first kappa shape index (κ1) is 10.9. The molecule has 3 nitrogen and oxygen atoms in total. The third-order valence-corrected chi connectivity index (χ3v) is 1.79. The third kappa shape index (κ3) is 3.23. The monoisotopic (exact) mass is 199 g/mol. The van der Waals surface area contributed by atoms with E-state index < -0.39 is 0 Å². The van der Waals surface area contributed by atoms with Gasteiger partial charge in [-0.1, -0.05) is 19.2 Å². The second-order valence-electron chi connectivity index (χ2n) is 2.81. The second kappa shape index (κ2) is 5.54. The summed E-state index contributed by atoms with van der Waals surface area (Å²) < 4.78 is 0. The van der Waals surface area contributed by atoms with Gasteiger partial charge in [0.15, 0.2) is 0 Å². The zero-order valence-corrected chi connectivity index (χ0v) is 8.40. The molecule has 0 aliphatic rings. The summed E-state index contributed by atoms with van der Waals surface area (Å²) in [7, 11) is 0. The summed E-state index contributed by atoms with van der Waals surface area (Å²) in [4.78, 5) is 3.96. The van der Waals surface area contributed by atoms with Gasteiger partial charge in [0, 0.05) is 18.0 Å². The molecule has 0 fully saturated rings. The van der Waals surface area contributed by atoms with Crippen LogP contribution in [0.3, 0.4) is 0 Å². The van der Waals surface area contributed by atoms with E-state index in [2.05, 4.69) is 23.5 Å². The molecule has 0 saturated heterocycles. The van der Waals surface area contributed by atoms with E-state index in [0.717, 1.165) is 5.69 Å². The van der Waals surface area contributed by atoms with Crippen molar-refractivity contribution in [3.8, 4) is 0 Å². The van der Waals surface area contributed by atoms with Crippen molar-refractivity contribution in [1.29, 1.82) is 5.41 Å². The molecule has 0 aromatic carbocycles. The molecule has 1 rings (SSSR count). The van der Waals surface area contributed by atoms with Gasteiger partial charge in [-0.05, 0) is 18.2 Å². The lowest BCUT2D eigenvalue weighted by atomic mass is 10.1. The standard InChI is InChI=1S/C12H13N3/c1-3-10(12(13)4-2)8-15-11-6-5-7-14-9-11/h3-9,13,15H,1-2H2/b10-8-,13-12?. The molecule has 0 aliphatic heterocycles. The van der Waals surface area contributed by atoms with Crippen LogP contribution in [-0.4, -0.2) is 10.7 Å². The van der Waals surface area contributed by atoms with E-state index in [9.17, 15) is 0 Å². The zero-order valence-electron chi connectivity index (χ0n) is 8.40. The van der Waals surface area contributed by atoms with Crippen molar-refractivity contribution in [2.24, 2.45) is 0 Å². The molecule has 1 aromatic rings. The lowest BCUT2D eigenvalue weighted by molar-refractivity contribution is 1.32. The number of nitrogens with one attached hydrogen (secondary N) is 2. The number of allylic oxidation sites excluding steroid dienone is 3. The van der Waals surface area contributed by atoms with Crippen LogP contribution in [0.15, 0.2) is 61.6 Å². The van der Waals surface area contributed by atoms with Crippen molar-refractivity contribution in [3.05, 3.63) is 61.6 Å². The predicted molar refractivity (Wildman–Crippen MR) is 64.1 cm³/mol. The number of hydrogen-bond donors (Lipinski definition) is 2. The van der Waals surface area contributed by atoms with Crippen molar-refractivity contribution in [2.75, 3.05) is 5.32 Å². The van der Waals surface area contributed by atoms with Gasteiger partial charge in [-0.2, -0.15) is 0 Å². The minimum absolute atomic E-state index is 0.335. The van der Waals surface area contributed by atoms with Gasteiger partial charge >= 0.3 is 0 Å². The van der Waals surface area contributed by atoms with Crippen LogP contribution in [-0.2, 0) is 0 Å². The molecule has 0 amide bonds. The second-order valence-corrected chi connectivity index (χ2v) is 2.81. The van der Waals surface area contributed by atoms with E-state index >= 15 is 0 Å². The molecular weight excluding hydrogens is 186 g/mol. The summed E-state index contributed by atoms with van der Waals surface area (Å²) >= 11 is 0. The molecule has 2 N–H and O–H groups in total. The topological polar surface area (TPSA) is 48.8 Å². The number of aromatic nitrogens is 1. The summed E-state index contributed by atoms with van der Waals surface area (Å²) in [5, 5.41) is 10.6. The first-order valence-corrected chi connectivity index (χ1v) is 4.48. The van der Waals surface area contributed by atoms with Gasteiger partial charge in [0.25, 0.3) is 0 Å². The molecule has 15 heavy (non-hydrogen) atoms. The third-order valence-electron chi connectivity index (χ3n) is 1.79. The average Bonchev–Trinajstić information content (AvgIpc) is 2.31. The summed E-state index contributed by atoms with van der Waals surface area (Å²) in [5.74, 6) is 0. The summed E-state index contributed by atoms with van der Waals surface area (Å²) in [5.41, 5.74) is 1.89. The van der Waals surface area contributed by atoms with Crippen molar-refractivity contribution < 1.29 is 0 Å². The molecular formula is C12H13N3. The Hall–Kier alpha value is -2.16. The minimum atomic E-state index is 0.335. The Kier molecular flexibility index (Phi) is 4.04. The Morgan fingerprint density at radius 3 is 2.73 bits per heavy atom. The van der Waals surface area contributed by atoms with E-state index in [1.54, 1.807) is 24.7 Å². The normalized spacial score (nSPS) is 10.5. The van der Waals surface area contributed by atoms with Crippen LogP contribution in [0.1, 0.15) is 0 Å². The van der Waals surface area contributed by atoms with Gasteiger partial charge in [0.2, 0.25) is 0 Å². The molecule has 0 unspecified atom stereocenters. The maximum Gasteiger partial charge on any atom is 0.0620 e. The molecule has 1 heterocycles. The fourth-order valence-electron chi connectivity index (χ4n) is 0.974. The molecule has 0 bridgehead atoms. The van der Waals surface area contributed by atoms with E-state index in [0.29, 0.717) is 11.3 Å². The lowest BCUT2D eigenvalue weighted by Gasteiger charge is -2.02. The number of hydrogen-bond acceptors (Lipinski definition) is 3. The smallest absolute Gasteiger partial charge is 0.0620 e. The molecule has 0 aliphatic carbocycles. The summed E-state index contributed by atoms with van der Waals surface area (Å²) in [6.07, 6.45) is 8.18. The number of anilines is 1. The Morgan fingerprint density at radius 2 is 2.20 bits per heavy atom. The fraction of sp³-hybridized carbons (Fsp3) is 0. The van der Waals surface area contributed by atoms with E-state index in [4.69, 9.17) is 5.41 Å². The highest BCUT2D eigenvalue weighted by Crippen LogP contribution is 2.05. The van der Waals surface area contributed by atoms with E-state index in [-0.39, 0.29) is 0 Å². The van der Waals surface area contributed by atoms with Crippen LogP contribution in [0, 0.1) is 5.41 Å². The molecule has 76 valence electrons. The highest BCUT2D eigenvalue weighted by Gasteiger charge is 1.95. The number of rotatable bonds is 5. The first-order chi connectivity index (χ1) is 7.27. The van der Waals surface area contributed by atoms with Crippen molar-refractivity contribution >= 4 is 11.4 Å². The summed E-state index contributed by atoms with van der Waals surface area (Å²) in [6, 6.07) is 3.73. The zero-order chi connectivity index (χ0) is 11.1. The predicted octanol–water partition coefficient (Wildman–Crippen LogP) is 2.77. The van der Waals surface area contributed by atoms with E-state index in [1.807, 2.05) is 12.1 Å². The van der Waals surface area contributed by atoms with Crippen LogP contribution >= 0.6 is 0 Å². The van der Waals surface area contributed by atoms with Crippen LogP contribution < -0.4 is 5.32 Å². The SMILES string of the molecule is C=CC(=N)/C(C=C)=C\Nc1cccnc1. The Morgan fingerprint density at radius 1 is 1.40 bits per heavy atom. The molecule has 1 aromatic heterocycles. The van der Waals surface area contributed by atoms with E-state index in [1.165, 1.54) is 6.08 Å². The van der Waals surface area contributed by atoms with Gasteiger partial charge in [0.05, 0.1) is 17.6 Å². The number of nitrogens with zero attached hydrogens (tertiary/aromatic N) is 1. The molecule has 3 heteroatoms. The number of pyridine rings is 1. The first-order valence-electron chi connectivity index (χ1n) is 4.48. The molecule has 0 spiro atoms. The van der Waals surface area contributed by atoms with Crippen LogP contribution in [0.5, 0.6) is 0 Å². The average molecular weight is 199 g/mol. The van der Waals surface area contributed by atoms with Gasteiger partial charge in [-0.3, -0.25) is 4.98 Å². The largest absolute Gasteiger partial charge is 0.360 e. The van der Waals surface area contributed by atoms with Crippen LogP contribution in [0.4, 0.5) is 5.69 Å². The minimum Gasteiger partial charge on any atom is -0.360 e.